The number of benzene rings is 1. The molecule has 1 fully saturated rings. The van der Waals surface area contributed by atoms with Gasteiger partial charge in [0.2, 0.25) is 10.0 Å². The van der Waals surface area contributed by atoms with Gasteiger partial charge in [0.1, 0.15) is 16.5 Å². The number of anilines is 1. The molecule has 1 aliphatic rings. The third-order valence-corrected chi connectivity index (χ3v) is 6.31. The largest absolute Gasteiger partial charge is 0.396 e. The van der Waals surface area contributed by atoms with E-state index >= 15 is 0 Å². The summed E-state index contributed by atoms with van der Waals surface area (Å²) in [6, 6.07) is 1.09. The van der Waals surface area contributed by atoms with Crippen molar-refractivity contribution in [2.75, 3.05) is 11.5 Å². The number of hydrogen-bond donors (Lipinski definition) is 2. The first-order valence-corrected chi connectivity index (χ1v) is 9.26. The fraction of sp³-hybridized carbons (Fsp3) is 0.538. The molecule has 0 heterocycles. The summed E-state index contributed by atoms with van der Waals surface area (Å²) in [4.78, 5) is -0.603. The zero-order valence-corrected chi connectivity index (χ0v) is 13.2. The van der Waals surface area contributed by atoms with Gasteiger partial charge in [-0.05, 0) is 24.7 Å². The molecule has 0 saturated heterocycles. The van der Waals surface area contributed by atoms with Gasteiger partial charge in [-0.2, -0.15) is 11.8 Å². The molecule has 0 amide bonds. The van der Waals surface area contributed by atoms with Crippen molar-refractivity contribution in [3.63, 3.8) is 0 Å². The Balaban J connectivity index is 2.24. The number of nitrogens with one attached hydrogen (secondary N) is 1. The van der Waals surface area contributed by atoms with Crippen LogP contribution >= 0.6 is 11.8 Å². The first-order chi connectivity index (χ1) is 9.85. The molecule has 118 valence electrons. The van der Waals surface area contributed by atoms with Crippen molar-refractivity contribution in [1.29, 1.82) is 0 Å². The molecule has 8 heteroatoms. The van der Waals surface area contributed by atoms with E-state index < -0.39 is 26.6 Å². The maximum atomic E-state index is 13.7. The molecule has 1 saturated carbocycles. The van der Waals surface area contributed by atoms with Gasteiger partial charge in [-0.1, -0.05) is 13.3 Å². The van der Waals surface area contributed by atoms with Crippen LogP contribution in [0.1, 0.15) is 26.2 Å². The van der Waals surface area contributed by atoms with Gasteiger partial charge in [0.25, 0.3) is 0 Å². The Bertz CT molecular complexity index is 623. The van der Waals surface area contributed by atoms with E-state index in [0.717, 1.165) is 31.1 Å². The van der Waals surface area contributed by atoms with Crippen LogP contribution in [0.15, 0.2) is 17.0 Å². The van der Waals surface area contributed by atoms with Crippen LogP contribution in [-0.4, -0.2) is 25.5 Å². The number of halogens is 2. The van der Waals surface area contributed by atoms with E-state index in [9.17, 15) is 17.2 Å². The third-order valence-electron chi connectivity index (χ3n) is 3.48. The van der Waals surface area contributed by atoms with Crippen LogP contribution in [0.4, 0.5) is 14.5 Å². The number of nitrogen functional groups attached to an aromatic ring is 1. The SMILES string of the molecule is CCSC1CCCC1NS(=O)(=O)c1cc(N)c(F)cc1F. The van der Waals surface area contributed by atoms with Crippen molar-refractivity contribution in [3.05, 3.63) is 23.8 Å². The topological polar surface area (TPSA) is 72.2 Å². The van der Waals surface area contributed by atoms with Crippen molar-refractivity contribution in [2.24, 2.45) is 0 Å². The van der Waals surface area contributed by atoms with E-state index in [0.29, 0.717) is 6.07 Å². The highest BCUT2D eigenvalue weighted by molar-refractivity contribution is 8.00. The third kappa shape index (κ3) is 3.67. The van der Waals surface area contributed by atoms with Crippen molar-refractivity contribution in [3.8, 4) is 0 Å². The minimum Gasteiger partial charge on any atom is -0.396 e. The summed E-state index contributed by atoms with van der Waals surface area (Å²) in [6.07, 6.45) is 2.58. The monoisotopic (exact) mass is 336 g/mol. The average molecular weight is 336 g/mol. The van der Waals surface area contributed by atoms with Crippen LogP contribution in [-0.2, 0) is 10.0 Å². The summed E-state index contributed by atoms with van der Waals surface area (Å²) >= 11 is 1.69. The molecule has 4 nitrogen and oxygen atoms in total. The van der Waals surface area contributed by atoms with E-state index in [2.05, 4.69) is 4.72 Å². The van der Waals surface area contributed by atoms with Gasteiger partial charge in [-0.25, -0.2) is 21.9 Å². The Morgan fingerprint density at radius 3 is 2.71 bits per heavy atom. The van der Waals surface area contributed by atoms with Gasteiger partial charge in [-0.15, -0.1) is 0 Å². The first kappa shape index (κ1) is 16.5. The second-order valence-electron chi connectivity index (χ2n) is 4.96. The molecule has 0 spiro atoms. The summed E-state index contributed by atoms with van der Waals surface area (Å²) in [5.41, 5.74) is 4.94. The predicted molar refractivity (Wildman–Crippen MR) is 80.7 cm³/mol. The molecule has 2 atom stereocenters. The Hall–Kier alpha value is -0.860. The lowest BCUT2D eigenvalue weighted by Gasteiger charge is -2.20. The van der Waals surface area contributed by atoms with Crippen molar-refractivity contribution in [2.45, 2.75) is 42.4 Å². The van der Waals surface area contributed by atoms with Gasteiger partial charge in [-0.3, -0.25) is 0 Å². The van der Waals surface area contributed by atoms with Crippen molar-refractivity contribution in [1.82, 2.24) is 4.72 Å². The van der Waals surface area contributed by atoms with Gasteiger partial charge in [0, 0.05) is 17.4 Å². The number of rotatable bonds is 5. The molecule has 0 bridgehead atoms. The Morgan fingerprint density at radius 1 is 1.33 bits per heavy atom. The zero-order valence-electron chi connectivity index (χ0n) is 11.6. The molecule has 3 N–H and O–H groups in total. The second kappa shape index (κ2) is 6.50. The van der Waals surface area contributed by atoms with E-state index in [-0.39, 0.29) is 17.0 Å². The standard InChI is InChI=1S/C13H18F2N2O2S2/c1-2-20-12-5-3-4-11(12)17-21(18,19)13-7-10(16)8(14)6-9(13)15/h6-7,11-12,17H,2-5,16H2,1H3. The smallest absolute Gasteiger partial charge is 0.243 e. The molecule has 2 unspecified atom stereocenters. The molecule has 0 aliphatic heterocycles. The van der Waals surface area contributed by atoms with E-state index in [1.165, 1.54) is 0 Å². The Labute approximate surface area is 127 Å². The summed E-state index contributed by atoms with van der Waals surface area (Å²) < 4.78 is 54.0. The Kier molecular flexibility index (Phi) is 5.11. The van der Waals surface area contributed by atoms with E-state index in [1.54, 1.807) is 11.8 Å². The predicted octanol–water partition coefficient (Wildman–Crippen LogP) is 2.50. The summed E-state index contributed by atoms with van der Waals surface area (Å²) in [7, 11) is -4.05. The molecule has 0 aromatic heterocycles. The maximum Gasteiger partial charge on any atom is 0.243 e. The molecule has 0 radical (unpaired) electrons. The lowest BCUT2D eigenvalue weighted by atomic mass is 10.3. The minimum absolute atomic E-state index is 0.186. The fourth-order valence-corrected chi connectivity index (χ4v) is 5.18. The van der Waals surface area contributed by atoms with Gasteiger partial charge in [0.15, 0.2) is 0 Å². The van der Waals surface area contributed by atoms with Crippen LogP contribution in [0.5, 0.6) is 0 Å². The van der Waals surface area contributed by atoms with Crippen LogP contribution in [0.3, 0.4) is 0 Å². The lowest BCUT2D eigenvalue weighted by molar-refractivity contribution is 0.532. The van der Waals surface area contributed by atoms with E-state index in [4.69, 9.17) is 5.73 Å². The Morgan fingerprint density at radius 2 is 2.05 bits per heavy atom. The highest BCUT2D eigenvalue weighted by Crippen LogP contribution is 2.31. The molecule has 21 heavy (non-hydrogen) atoms. The molecule has 1 aromatic carbocycles. The highest BCUT2D eigenvalue weighted by Gasteiger charge is 2.32. The number of thioether (sulfide) groups is 1. The van der Waals surface area contributed by atoms with E-state index in [1.807, 2.05) is 6.92 Å². The zero-order chi connectivity index (χ0) is 15.6. The lowest BCUT2D eigenvalue weighted by Crippen LogP contribution is -2.39. The normalized spacial score (nSPS) is 22.6. The van der Waals surface area contributed by atoms with Crippen LogP contribution in [0.25, 0.3) is 0 Å². The number of hydrogen-bond acceptors (Lipinski definition) is 4. The maximum absolute atomic E-state index is 13.7. The van der Waals surface area contributed by atoms with Crippen LogP contribution in [0, 0.1) is 11.6 Å². The molecular formula is C13H18F2N2O2S2. The van der Waals surface area contributed by atoms with Crippen LogP contribution < -0.4 is 10.5 Å². The average Bonchev–Trinajstić information content (AvgIpc) is 2.81. The quantitative estimate of drug-likeness (QED) is 0.811. The molecule has 1 aliphatic carbocycles. The van der Waals surface area contributed by atoms with Crippen molar-refractivity contribution < 1.29 is 17.2 Å². The van der Waals surface area contributed by atoms with Gasteiger partial charge in [0.05, 0.1) is 5.69 Å². The van der Waals surface area contributed by atoms with Gasteiger partial charge < -0.3 is 5.73 Å². The minimum atomic E-state index is -4.05. The molecular weight excluding hydrogens is 318 g/mol. The molecule has 2 rings (SSSR count). The number of nitrogens with two attached hydrogens (primary N) is 1. The first-order valence-electron chi connectivity index (χ1n) is 6.73. The fourth-order valence-electron chi connectivity index (χ4n) is 2.49. The summed E-state index contributed by atoms with van der Waals surface area (Å²) in [5, 5.41) is 0.186. The summed E-state index contributed by atoms with van der Waals surface area (Å²) in [6.45, 7) is 2.01. The second-order valence-corrected chi connectivity index (χ2v) is 8.16. The summed E-state index contributed by atoms with van der Waals surface area (Å²) in [5.74, 6) is -1.21. The highest BCUT2D eigenvalue weighted by atomic mass is 32.2. The van der Waals surface area contributed by atoms with Crippen molar-refractivity contribution >= 4 is 27.5 Å². The molecule has 1 aromatic rings. The number of sulfonamides is 1. The van der Waals surface area contributed by atoms with Gasteiger partial charge >= 0.3 is 0 Å². The van der Waals surface area contributed by atoms with Crippen LogP contribution in [0.2, 0.25) is 0 Å².